The maximum absolute atomic E-state index is 13.6. The molecule has 0 atom stereocenters. The van der Waals surface area contributed by atoms with Crippen molar-refractivity contribution >= 4 is 5.91 Å². The van der Waals surface area contributed by atoms with Gasteiger partial charge in [-0.05, 0) is 18.2 Å². The van der Waals surface area contributed by atoms with Gasteiger partial charge in [0, 0.05) is 23.4 Å². The van der Waals surface area contributed by atoms with Crippen molar-refractivity contribution in [1.82, 2.24) is 9.55 Å². The summed E-state index contributed by atoms with van der Waals surface area (Å²) in [5.41, 5.74) is 4.18. The molecule has 0 aliphatic rings. The second kappa shape index (κ2) is 4.89. The third-order valence-corrected chi connectivity index (χ3v) is 2.57. The van der Waals surface area contributed by atoms with Gasteiger partial charge in [0.2, 0.25) is 5.91 Å². The van der Waals surface area contributed by atoms with E-state index in [9.17, 15) is 18.8 Å². The zero-order chi connectivity index (χ0) is 14.0. The van der Waals surface area contributed by atoms with Crippen molar-refractivity contribution in [3.8, 4) is 0 Å². The van der Waals surface area contributed by atoms with Crippen LogP contribution in [0.25, 0.3) is 0 Å². The zero-order valence-corrected chi connectivity index (χ0v) is 9.72. The van der Waals surface area contributed by atoms with Crippen LogP contribution in [-0.4, -0.2) is 15.5 Å². The van der Waals surface area contributed by atoms with Crippen LogP contribution in [0.15, 0.2) is 40.1 Å². The highest BCUT2D eigenvalue weighted by Gasteiger charge is 2.08. The quantitative estimate of drug-likeness (QED) is 0.803. The predicted octanol–water partition coefficient (Wildman–Crippen LogP) is -0.177. The van der Waals surface area contributed by atoms with E-state index < -0.39 is 23.0 Å². The van der Waals surface area contributed by atoms with Gasteiger partial charge < -0.3 is 5.73 Å². The van der Waals surface area contributed by atoms with Gasteiger partial charge in [-0.1, -0.05) is 0 Å². The van der Waals surface area contributed by atoms with Crippen molar-refractivity contribution in [2.24, 2.45) is 5.73 Å². The molecule has 0 radical (unpaired) electrons. The van der Waals surface area contributed by atoms with Gasteiger partial charge in [0.25, 0.3) is 5.56 Å². The molecule has 19 heavy (non-hydrogen) atoms. The fourth-order valence-corrected chi connectivity index (χ4v) is 1.60. The van der Waals surface area contributed by atoms with Crippen LogP contribution in [0, 0.1) is 5.82 Å². The number of nitrogens with one attached hydrogen (secondary N) is 1. The number of halogens is 1. The number of carbonyl (C=O) groups excluding carboxylic acids is 1. The predicted molar refractivity (Wildman–Crippen MR) is 65.3 cm³/mol. The van der Waals surface area contributed by atoms with Gasteiger partial charge in [-0.3, -0.25) is 19.1 Å². The molecule has 3 N–H and O–H groups in total. The molecule has 1 aromatic heterocycles. The fourth-order valence-electron chi connectivity index (χ4n) is 1.60. The van der Waals surface area contributed by atoms with Crippen molar-refractivity contribution in [1.29, 1.82) is 0 Å². The minimum Gasteiger partial charge on any atom is -0.366 e. The molecule has 0 aliphatic heterocycles. The lowest BCUT2D eigenvalue weighted by molar-refractivity contribution is 0.1000. The number of hydrogen-bond donors (Lipinski definition) is 2. The van der Waals surface area contributed by atoms with Gasteiger partial charge in [0.05, 0.1) is 6.54 Å². The van der Waals surface area contributed by atoms with E-state index in [1.54, 1.807) is 0 Å². The first-order chi connectivity index (χ1) is 8.97. The third kappa shape index (κ3) is 2.76. The molecule has 2 rings (SSSR count). The van der Waals surface area contributed by atoms with Crippen LogP contribution in [0.3, 0.4) is 0 Å². The lowest BCUT2D eigenvalue weighted by atomic mass is 10.1. The molecule has 0 aliphatic carbocycles. The van der Waals surface area contributed by atoms with Gasteiger partial charge in [-0.25, -0.2) is 9.18 Å². The molecule has 0 spiro atoms. The second-order valence-corrected chi connectivity index (χ2v) is 3.91. The van der Waals surface area contributed by atoms with Crippen molar-refractivity contribution in [2.45, 2.75) is 6.54 Å². The summed E-state index contributed by atoms with van der Waals surface area (Å²) in [7, 11) is 0. The highest BCUT2D eigenvalue weighted by Crippen LogP contribution is 2.11. The maximum atomic E-state index is 13.6. The van der Waals surface area contributed by atoms with Gasteiger partial charge in [0.15, 0.2) is 0 Å². The number of benzene rings is 1. The lowest BCUT2D eigenvalue weighted by Gasteiger charge is -2.07. The van der Waals surface area contributed by atoms with Crippen LogP contribution in [0.1, 0.15) is 15.9 Å². The summed E-state index contributed by atoms with van der Waals surface area (Å²) in [5, 5.41) is 0. The first-order valence-electron chi connectivity index (χ1n) is 5.35. The van der Waals surface area contributed by atoms with Crippen molar-refractivity contribution in [3.63, 3.8) is 0 Å². The summed E-state index contributed by atoms with van der Waals surface area (Å²) >= 11 is 0. The van der Waals surface area contributed by atoms with Crippen LogP contribution in [0.5, 0.6) is 0 Å². The third-order valence-electron chi connectivity index (χ3n) is 2.57. The van der Waals surface area contributed by atoms with E-state index in [-0.39, 0.29) is 17.7 Å². The molecular formula is C12H10FN3O3. The summed E-state index contributed by atoms with van der Waals surface area (Å²) in [6.07, 6.45) is 1.25. The van der Waals surface area contributed by atoms with Crippen LogP contribution in [-0.2, 0) is 6.54 Å². The smallest absolute Gasteiger partial charge is 0.328 e. The highest BCUT2D eigenvalue weighted by atomic mass is 19.1. The minimum absolute atomic E-state index is 0.109. The summed E-state index contributed by atoms with van der Waals surface area (Å²) in [4.78, 5) is 35.4. The molecule has 0 saturated heterocycles. The molecule has 6 nitrogen and oxygen atoms in total. The van der Waals surface area contributed by atoms with Gasteiger partial charge in [-0.15, -0.1) is 0 Å². The summed E-state index contributed by atoms with van der Waals surface area (Å²) < 4.78 is 14.7. The van der Waals surface area contributed by atoms with Gasteiger partial charge in [-0.2, -0.15) is 0 Å². The average molecular weight is 263 g/mol. The summed E-state index contributed by atoms with van der Waals surface area (Å²) in [5.74, 6) is -1.25. The Morgan fingerprint density at radius 2 is 2.05 bits per heavy atom. The SMILES string of the molecule is NC(=O)c1ccc(F)c(Cn2ccc(=O)[nH]c2=O)c1. The Bertz CT molecular complexity index is 748. The van der Waals surface area contributed by atoms with E-state index >= 15 is 0 Å². The number of primary amides is 1. The normalized spacial score (nSPS) is 10.4. The Balaban J connectivity index is 2.42. The average Bonchev–Trinajstić information content (AvgIpc) is 2.34. The Morgan fingerprint density at radius 3 is 2.68 bits per heavy atom. The number of hydrogen-bond acceptors (Lipinski definition) is 3. The standard InChI is InChI=1S/C12H10FN3O3/c13-9-2-1-7(11(14)18)5-8(9)6-16-4-3-10(17)15-12(16)19/h1-5H,6H2,(H2,14,18)(H,15,17,19). The number of nitrogens with two attached hydrogens (primary N) is 1. The molecule has 0 bridgehead atoms. The number of H-pyrrole nitrogens is 1. The van der Waals surface area contributed by atoms with Crippen molar-refractivity contribution < 1.29 is 9.18 Å². The molecule has 0 unspecified atom stereocenters. The van der Waals surface area contributed by atoms with E-state index in [1.165, 1.54) is 18.3 Å². The Kier molecular flexibility index (Phi) is 3.28. The molecular weight excluding hydrogens is 253 g/mol. The van der Waals surface area contributed by atoms with Gasteiger partial charge in [0.1, 0.15) is 5.82 Å². The Hall–Kier alpha value is -2.70. The Labute approximate surface area is 106 Å². The van der Waals surface area contributed by atoms with Crippen LogP contribution in [0.4, 0.5) is 4.39 Å². The number of carbonyl (C=O) groups is 1. The number of nitrogens with zero attached hydrogens (tertiary/aromatic N) is 1. The molecule has 0 fully saturated rings. The number of rotatable bonds is 3. The molecule has 1 heterocycles. The molecule has 1 aromatic carbocycles. The maximum Gasteiger partial charge on any atom is 0.328 e. The summed E-state index contributed by atoms with van der Waals surface area (Å²) in [6, 6.07) is 4.79. The van der Waals surface area contributed by atoms with E-state index in [0.29, 0.717) is 0 Å². The number of aromatic amines is 1. The minimum atomic E-state index is -0.685. The van der Waals surface area contributed by atoms with Crippen LogP contribution in [0.2, 0.25) is 0 Å². The van der Waals surface area contributed by atoms with E-state index in [0.717, 1.165) is 16.7 Å². The zero-order valence-electron chi connectivity index (χ0n) is 9.72. The fraction of sp³-hybridized carbons (Fsp3) is 0.0833. The van der Waals surface area contributed by atoms with Crippen LogP contribution < -0.4 is 17.0 Å². The molecule has 1 amide bonds. The number of aromatic nitrogens is 2. The highest BCUT2D eigenvalue weighted by molar-refractivity contribution is 5.92. The summed E-state index contributed by atoms with van der Waals surface area (Å²) in [6.45, 7) is -0.109. The van der Waals surface area contributed by atoms with Crippen LogP contribution >= 0.6 is 0 Å². The van der Waals surface area contributed by atoms with Crippen molar-refractivity contribution in [3.05, 3.63) is 68.2 Å². The van der Waals surface area contributed by atoms with Gasteiger partial charge >= 0.3 is 5.69 Å². The Morgan fingerprint density at radius 1 is 1.32 bits per heavy atom. The first-order valence-corrected chi connectivity index (χ1v) is 5.35. The van der Waals surface area contributed by atoms with E-state index in [4.69, 9.17) is 5.73 Å². The molecule has 7 heteroatoms. The lowest BCUT2D eigenvalue weighted by Crippen LogP contribution is -2.29. The van der Waals surface area contributed by atoms with Crippen molar-refractivity contribution in [2.75, 3.05) is 0 Å². The molecule has 2 aromatic rings. The topological polar surface area (TPSA) is 97.9 Å². The number of amides is 1. The molecule has 0 saturated carbocycles. The second-order valence-electron chi connectivity index (χ2n) is 3.91. The monoisotopic (exact) mass is 263 g/mol. The molecule has 98 valence electrons. The largest absolute Gasteiger partial charge is 0.366 e. The van der Waals surface area contributed by atoms with E-state index in [2.05, 4.69) is 4.98 Å². The first kappa shape index (κ1) is 12.7. The van der Waals surface area contributed by atoms with E-state index in [1.807, 2.05) is 0 Å².